The van der Waals surface area contributed by atoms with Crippen molar-refractivity contribution >= 4 is 17.4 Å². The maximum absolute atomic E-state index is 11.5. The molecular formula is C16H11NO4. The highest BCUT2D eigenvalue weighted by atomic mass is 16.5. The molecule has 0 aromatic heterocycles. The van der Waals surface area contributed by atoms with Crippen molar-refractivity contribution in [1.29, 1.82) is 0 Å². The molecule has 2 aromatic rings. The largest absolute Gasteiger partial charge is 0.508 e. The first-order valence-electron chi connectivity index (χ1n) is 6.26. The van der Waals surface area contributed by atoms with E-state index < -0.39 is 11.8 Å². The second-order valence-corrected chi connectivity index (χ2v) is 4.50. The number of hydrogen-bond donors (Lipinski definition) is 2. The number of imide groups is 1. The highest BCUT2D eigenvalue weighted by Crippen LogP contribution is 2.26. The van der Waals surface area contributed by atoms with E-state index in [1.54, 1.807) is 36.4 Å². The molecule has 2 N–H and O–H groups in total. The van der Waals surface area contributed by atoms with E-state index >= 15 is 0 Å². The topological polar surface area (TPSA) is 75.6 Å². The number of ether oxygens (including phenoxy) is 1. The molecular weight excluding hydrogens is 270 g/mol. The van der Waals surface area contributed by atoms with Crippen LogP contribution in [0.25, 0.3) is 5.57 Å². The van der Waals surface area contributed by atoms with E-state index in [0.717, 1.165) is 0 Å². The van der Waals surface area contributed by atoms with Crippen LogP contribution < -0.4 is 10.1 Å². The fraction of sp³-hybridized carbons (Fsp3) is 0. The lowest BCUT2D eigenvalue weighted by atomic mass is 10.1. The molecule has 5 heteroatoms. The summed E-state index contributed by atoms with van der Waals surface area (Å²) < 4.78 is 5.60. The molecule has 0 radical (unpaired) electrons. The van der Waals surface area contributed by atoms with E-state index in [1.807, 2.05) is 0 Å². The summed E-state index contributed by atoms with van der Waals surface area (Å²) >= 11 is 0. The second-order valence-electron chi connectivity index (χ2n) is 4.50. The van der Waals surface area contributed by atoms with Crippen molar-refractivity contribution in [2.75, 3.05) is 0 Å². The van der Waals surface area contributed by atoms with Gasteiger partial charge in [-0.05, 0) is 42.0 Å². The fourth-order valence-corrected chi connectivity index (χ4v) is 1.98. The number of rotatable bonds is 3. The minimum Gasteiger partial charge on any atom is -0.508 e. The Hall–Kier alpha value is -3.08. The number of phenolic OH excluding ortho intramolecular Hbond substituents is 1. The summed E-state index contributed by atoms with van der Waals surface area (Å²) in [6.45, 7) is 0. The minimum absolute atomic E-state index is 0.168. The molecule has 0 unspecified atom stereocenters. The van der Waals surface area contributed by atoms with Gasteiger partial charge in [0.05, 0.1) is 5.57 Å². The summed E-state index contributed by atoms with van der Waals surface area (Å²) in [5.74, 6) is 0.552. The molecule has 0 saturated heterocycles. The number of phenols is 1. The van der Waals surface area contributed by atoms with Gasteiger partial charge in [0.1, 0.15) is 17.2 Å². The fourth-order valence-electron chi connectivity index (χ4n) is 1.98. The SMILES string of the molecule is O=C1C=C(c2ccc(Oc3ccc(O)cc3)cc2)C(=O)N1. The predicted octanol–water partition coefficient (Wildman–Crippen LogP) is 2.22. The van der Waals surface area contributed by atoms with Crippen molar-refractivity contribution in [3.05, 3.63) is 60.2 Å². The first kappa shape index (κ1) is 12.9. The first-order valence-corrected chi connectivity index (χ1v) is 6.26. The summed E-state index contributed by atoms with van der Waals surface area (Å²) in [6.07, 6.45) is 1.28. The average molecular weight is 281 g/mol. The molecule has 0 atom stereocenters. The van der Waals surface area contributed by atoms with Crippen LogP contribution in [0.2, 0.25) is 0 Å². The molecule has 1 heterocycles. The van der Waals surface area contributed by atoms with Gasteiger partial charge in [-0.15, -0.1) is 0 Å². The Kier molecular flexibility index (Phi) is 3.16. The normalized spacial score (nSPS) is 13.8. The van der Waals surface area contributed by atoms with E-state index in [1.165, 1.54) is 18.2 Å². The number of aromatic hydroxyl groups is 1. The zero-order valence-electron chi connectivity index (χ0n) is 10.9. The van der Waals surface area contributed by atoms with Crippen LogP contribution in [0.5, 0.6) is 17.2 Å². The molecule has 1 aliphatic rings. The number of nitrogens with one attached hydrogen (secondary N) is 1. The molecule has 104 valence electrons. The van der Waals surface area contributed by atoms with Gasteiger partial charge in [-0.2, -0.15) is 0 Å². The van der Waals surface area contributed by atoms with Crippen LogP contribution in [0, 0.1) is 0 Å². The van der Waals surface area contributed by atoms with Crippen molar-refractivity contribution < 1.29 is 19.4 Å². The maximum Gasteiger partial charge on any atom is 0.258 e. The summed E-state index contributed by atoms with van der Waals surface area (Å²) in [4.78, 5) is 22.7. The number of amides is 2. The molecule has 1 aliphatic heterocycles. The molecule has 5 nitrogen and oxygen atoms in total. The standard InChI is InChI=1S/C16H11NO4/c18-11-3-7-13(8-4-11)21-12-5-1-10(2-6-12)14-9-15(19)17-16(14)20/h1-9,18H,(H,17,19,20). The third-order valence-corrected chi connectivity index (χ3v) is 2.99. The van der Waals surface area contributed by atoms with Gasteiger partial charge in [0.15, 0.2) is 0 Å². The van der Waals surface area contributed by atoms with Gasteiger partial charge in [0.25, 0.3) is 11.8 Å². The van der Waals surface area contributed by atoms with Crippen LogP contribution in [-0.2, 0) is 9.59 Å². The van der Waals surface area contributed by atoms with Crippen LogP contribution >= 0.6 is 0 Å². The number of benzene rings is 2. The Morgan fingerprint density at radius 3 is 1.95 bits per heavy atom. The Balaban J connectivity index is 1.78. The van der Waals surface area contributed by atoms with Gasteiger partial charge in [-0.25, -0.2) is 0 Å². The second kappa shape index (κ2) is 5.13. The predicted molar refractivity (Wildman–Crippen MR) is 75.7 cm³/mol. The lowest BCUT2D eigenvalue weighted by Crippen LogP contribution is -2.21. The molecule has 0 aliphatic carbocycles. The Labute approximate surface area is 120 Å². The minimum atomic E-state index is -0.403. The summed E-state index contributed by atoms with van der Waals surface area (Å²) in [5, 5.41) is 11.4. The molecule has 2 amide bonds. The average Bonchev–Trinajstić information content (AvgIpc) is 2.81. The van der Waals surface area contributed by atoms with Gasteiger partial charge in [0.2, 0.25) is 0 Å². The summed E-state index contributed by atoms with van der Waals surface area (Å²) in [6, 6.07) is 13.2. The molecule has 0 saturated carbocycles. The number of hydrogen-bond acceptors (Lipinski definition) is 4. The van der Waals surface area contributed by atoms with Crippen LogP contribution in [0.1, 0.15) is 5.56 Å². The van der Waals surface area contributed by atoms with Crippen molar-refractivity contribution in [3.63, 3.8) is 0 Å². The lowest BCUT2D eigenvalue weighted by Gasteiger charge is -2.07. The molecule has 0 bridgehead atoms. The van der Waals surface area contributed by atoms with Gasteiger partial charge < -0.3 is 9.84 Å². The number of carbonyl (C=O) groups is 2. The Morgan fingerprint density at radius 2 is 1.43 bits per heavy atom. The first-order chi connectivity index (χ1) is 10.1. The smallest absolute Gasteiger partial charge is 0.258 e. The van der Waals surface area contributed by atoms with E-state index in [9.17, 15) is 14.7 Å². The van der Waals surface area contributed by atoms with Gasteiger partial charge in [0, 0.05) is 6.08 Å². The molecule has 0 spiro atoms. The Morgan fingerprint density at radius 1 is 0.857 bits per heavy atom. The van der Waals surface area contributed by atoms with E-state index in [4.69, 9.17) is 4.74 Å². The quantitative estimate of drug-likeness (QED) is 0.846. The third kappa shape index (κ3) is 2.76. The maximum atomic E-state index is 11.5. The Bertz CT molecular complexity index is 730. The summed E-state index contributed by atoms with van der Waals surface area (Å²) in [5.41, 5.74) is 0.993. The van der Waals surface area contributed by atoms with Crippen LogP contribution in [0.3, 0.4) is 0 Å². The van der Waals surface area contributed by atoms with Crippen LogP contribution in [-0.4, -0.2) is 16.9 Å². The van der Waals surface area contributed by atoms with E-state index in [0.29, 0.717) is 22.6 Å². The molecule has 3 rings (SSSR count). The van der Waals surface area contributed by atoms with Crippen LogP contribution in [0.4, 0.5) is 0 Å². The molecule has 21 heavy (non-hydrogen) atoms. The van der Waals surface area contributed by atoms with Gasteiger partial charge in [-0.1, -0.05) is 12.1 Å². The lowest BCUT2D eigenvalue weighted by molar-refractivity contribution is -0.123. The van der Waals surface area contributed by atoms with Gasteiger partial charge >= 0.3 is 0 Å². The van der Waals surface area contributed by atoms with Crippen molar-refractivity contribution in [1.82, 2.24) is 5.32 Å². The zero-order chi connectivity index (χ0) is 14.8. The monoisotopic (exact) mass is 281 g/mol. The van der Waals surface area contributed by atoms with Crippen molar-refractivity contribution in [3.8, 4) is 17.2 Å². The van der Waals surface area contributed by atoms with E-state index in [2.05, 4.69) is 5.32 Å². The highest BCUT2D eigenvalue weighted by molar-refractivity contribution is 6.33. The highest BCUT2D eigenvalue weighted by Gasteiger charge is 2.21. The summed E-state index contributed by atoms with van der Waals surface area (Å²) in [7, 11) is 0. The molecule has 2 aromatic carbocycles. The number of carbonyl (C=O) groups excluding carboxylic acids is 2. The van der Waals surface area contributed by atoms with Crippen molar-refractivity contribution in [2.24, 2.45) is 0 Å². The zero-order valence-corrected chi connectivity index (χ0v) is 10.9. The van der Waals surface area contributed by atoms with E-state index in [-0.39, 0.29) is 5.75 Å². The van der Waals surface area contributed by atoms with Crippen molar-refractivity contribution in [2.45, 2.75) is 0 Å². The van der Waals surface area contributed by atoms with Gasteiger partial charge in [-0.3, -0.25) is 14.9 Å². The molecule has 0 fully saturated rings. The third-order valence-electron chi connectivity index (χ3n) is 2.99. The van der Waals surface area contributed by atoms with Crippen LogP contribution in [0.15, 0.2) is 54.6 Å².